The van der Waals surface area contributed by atoms with Gasteiger partial charge in [-0.3, -0.25) is 15.1 Å². The largest absolute Gasteiger partial charge is 0.417 e. The van der Waals surface area contributed by atoms with Crippen molar-refractivity contribution in [3.05, 3.63) is 46.6 Å². The van der Waals surface area contributed by atoms with Crippen molar-refractivity contribution < 1.29 is 18.0 Å². The molecule has 2 heterocycles. The highest BCUT2D eigenvalue weighted by Crippen LogP contribution is 2.37. The van der Waals surface area contributed by atoms with E-state index in [1.54, 1.807) is 6.07 Å². The van der Waals surface area contributed by atoms with Crippen LogP contribution in [0.15, 0.2) is 30.5 Å². The van der Waals surface area contributed by atoms with Gasteiger partial charge in [0.05, 0.1) is 16.6 Å². The van der Waals surface area contributed by atoms with E-state index in [4.69, 9.17) is 0 Å². The van der Waals surface area contributed by atoms with Crippen LogP contribution in [-0.4, -0.2) is 21.1 Å². The molecule has 0 bridgehead atoms. The summed E-state index contributed by atoms with van der Waals surface area (Å²) in [6.45, 7) is 2.08. The maximum Gasteiger partial charge on any atom is 0.417 e. The first-order valence-corrected chi connectivity index (χ1v) is 9.30. The van der Waals surface area contributed by atoms with E-state index in [-0.39, 0.29) is 16.0 Å². The number of rotatable bonds is 6. The molecule has 0 aliphatic rings. The maximum absolute atomic E-state index is 13.6. The predicted molar refractivity (Wildman–Crippen MR) is 97.8 cm³/mol. The van der Waals surface area contributed by atoms with Gasteiger partial charge in [0.25, 0.3) is 5.91 Å². The molecule has 0 radical (unpaired) electrons. The maximum atomic E-state index is 13.6. The number of nitrogens with one attached hydrogen (secondary N) is 1. The van der Waals surface area contributed by atoms with Gasteiger partial charge in [0.2, 0.25) is 5.13 Å². The number of hydrogen-bond donors (Lipinski definition) is 1. The molecule has 0 aliphatic carbocycles. The summed E-state index contributed by atoms with van der Waals surface area (Å²) in [5.74, 6) is -0.906. The van der Waals surface area contributed by atoms with Gasteiger partial charge in [0, 0.05) is 18.0 Å². The Hall–Kier alpha value is -2.55. The van der Waals surface area contributed by atoms with E-state index in [0.717, 1.165) is 36.9 Å². The molecule has 9 heteroatoms. The number of benzene rings is 1. The Bertz CT molecular complexity index is 955. The molecule has 0 saturated carbocycles. The highest BCUT2D eigenvalue weighted by atomic mass is 32.1. The lowest BCUT2D eigenvalue weighted by atomic mass is 10.0. The fourth-order valence-corrected chi connectivity index (χ4v) is 3.49. The summed E-state index contributed by atoms with van der Waals surface area (Å²) in [4.78, 5) is 16.5. The van der Waals surface area contributed by atoms with Gasteiger partial charge in [0.15, 0.2) is 0 Å². The number of amides is 1. The van der Waals surface area contributed by atoms with E-state index in [0.29, 0.717) is 0 Å². The zero-order valence-electron chi connectivity index (χ0n) is 14.5. The first kappa shape index (κ1) is 19.2. The highest BCUT2D eigenvalue weighted by molar-refractivity contribution is 7.15. The summed E-state index contributed by atoms with van der Waals surface area (Å²) in [6.07, 6.45) is 0.0561. The van der Waals surface area contributed by atoms with Gasteiger partial charge in [-0.1, -0.05) is 49.3 Å². The van der Waals surface area contributed by atoms with Crippen molar-refractivity contribution in [3.63, 3.8) is 0 Å². The second kappa shape index (κ2) is 7.99. The Morgan fingerprint density at radius 2 is 1.96 bits per heavy atom. The molecule has 2 aromatic heterocycles. The predicted octanol–water partition coefficient (Wildman–Crippen LogP) is 5.09. The van der Waals surface area contributed by atoms with Gasteiger partial charge in [-0.05, 0) is 12.5 Å². The van der Waals surface area contributed by atoms with Crippen LogP contribution in [-0.2, 0) is 12.6 Å². The van der Waals surface area contributed by atoms with Crippen molar-refractivity contribution in [3.8, 4) is 0 Å². The minimum absolute atomic E-state index is 0.116. The average Bonchev–Trinajstić information content (AvgIpc) is 3.07. The minimum atomic E-state index is -4.69. The number of pyridine rings is 1. The molecule has 3 aromatic rings. The molecule has 27 heavy (non-hydrogen) atoms. The third-order valence-corrected chi connectivity index (χ3v) is 4.88. The lowest BCUT2D eigenvalue weighted by molar-refractivity contribution is -0.136. The summed E-state index contributed by atoms with van der Waals surface area (Å²) in [5, 5.41) is 11.0. The number of carbonyl (C=O) groups is 1. The van der Waals surface area contributed by atoms with Crippen LogP contribution in [0.5, 0.6) is 0 Å². The molecule has 1 aromatic carbocycles. The molecular weight excluding hydrogens is 377 g/mol. The first-order chi connectivity index (χ1) is 12.9. The number of aryl methyl sites for hydroxylation is 1. The van der Waals surface area contributed by atoms with E-state index in [1.807, 2.05) is 0 Å². The van der Waals surface area contributed by atoms with Crippen molar-refractivity contribution in [1.82, 2.24) is 15.2 Å². The molecule has 142 valence electrons. The fraction of sp³-hybridized carbons (Fsp3) is 0.333. The van der Waals surface area contributed by atoms with Crippen LogP contribution < -0.4 is 5.32 Å². The lowest BCUT2D eigenvalue weighted by Crippen LogP contribution is -2.19. The monoisotopic (exact) mass is 394 g/mol. The Kier molecular flexibility index (Phi) is 5.69. The lowest BCUT2D eigenvalue weighted by Gasteiger charge is -2.14. The molecule has 0 unspecified atom stereocenters. The number of fused-ring (bicyclic) bond motifs is 1. The number of para-hydroxylation sites is 1. The molecule has 0 fully saturated rings. The second-order valence-corrected chi connectivity index (χ2v) is 7.04. The van der Waals surface area contributed by atoms with Crippen LogP contribution in [0.25, 0.3) is 10.9 Å². The summed E-state index contributed by atoms with van der Waals surface area (Å²) < 4.78 is 40.9. The van der Waals surface area contributed by atoms with Crippen molar-refractivity contribution >= 4 is 33.3 Å². The van der Waals surface area contributed by atoms with E-state index in [2.05, 4.69) is 27.4 Å². The Labute approximate surface area is 157 Å². The standard InChI is InChI=1S/C18H17F3N4OS/c1-2-3-4-9-14-24-25-17(27-14)23-16(26)12-10-22-13-8-6-5-7-11(13)15(12)18(19,20)21/h5-8,10H,2-4,9H2,1H3,(H,23,25,26). The zero-order chi connectivity index (χ0) is 19.4. The summed E-state index contributed by atoms with van der Waals surface area (Å²) in [7, 11) is 0. The van der Waals surface area contributed by atoms with Gasteiger partial charge in [-0.15, -0.1) is 10.2 Å². The van der Waals surface area contributed by atoms with Gasteiger partial charge in [-0.2, -0.15) is 13.2 Å². The SMILES string of the molecule is CCCCCc1nnc(NC(=O)c2cnc3ccccc3c2C(F)(F)F)s1. The van der Waals surface area contributed by atoms with Crippen molar-refractivity contribution in [1.29, 1.82) is 0 Å². The third kappa shape index (κ3) is 4.41. The molecule has 1 amide bonds. The van der Waals surface area contributed by atoms with E-state index in [9.17, 15) is 18.0 Å². The summed E-state index contributed by atoms with van der Waals surface area (Å²) in [6, 6.07) is 5.85. The smallest absolute Gasteiger partial charge is 0.296 e. The van der Waals surface area contributed by atoms with Gasteiger partial charge in [-0.25, -0.2) is 0 Å². The summed E-state index contributed by atoms with van der Waals surface area (Å²) >= 11 is 1.17. The average molecular weight is 394 g/mol. The number of halogens is 3. The second-order valence-electron chi connectivity index (χ2n) is 5.97. The number of hydrogen-bond acceptors (Lipinski definition) is 5. The molecule has 1 N–H and O–H groups in total. The Morgan fingerprint density at radius 1 is 1.19 bits per heavy atom. The topological polar surface area (TPSA) is 67.8 Å². The Balaban J connectivity index is 1.88. The minimum Gasteiger partial charge on any atom is -0.296 e. The molecule has 3 rings (SSSR count). The van der Waals surface area contributed by atoms with Gasteiger partial charge >= 0.3 is 6.18 Å². The highest BCUT2D eigenvalue weighted by Gasteiger charge is 2.37. The number of anilines is 1. The van der Waals surface area contributed by atoms with Gasteiger partial charge < -0.3 is 0 Å². The normalized spacial score (nSPS) is 11.7. The van der Waals surface area contributed by atoms with Crippen LogP contribution in [0.4, 0.5) is 18.3 Å². The van der Waals surface area contributed by atoms with Gasteiger partial charge in [0.1, 0.15) is 5.01 Å². The number of unbranched alkanes of at least 4 members (excludes halogenated alkanes) is 2. The third-order valence-electron chi connectivity index (χ3n) is 3.99. The van der Waals surface area contributed by atoms with E-state index >= 15 is 0 Å². The quantitative estimate of drug-likeness (QED) is 0.592. The van der Waals surface area contributed by atoms with Crippen molar-refractivity contribution in [2.45, 2.75) is 38.8 Å². The van der Waals surface area contributed by atoms with Crippen LogP contribution in [0.1, 0.15) is 47.1 Å². The zero-order valence-corrected chi connectivity index (χ0v) is 15.3. The van der Waals surface area contributed by atoms with Crippen LogP contribution in [0.2, 0.25) is 0 Å². The number of carbonyl (C=O) groups excluding carboxylic acids is 1. The van der Waals surface area contributed by atoms with Crippen LogP contribution in [0.3, 0.4) is 0 Å². The molecule has 0 atom stereocenters. The number of alkyl halides is 3. The molecule has 0 saturated heterocycles. The van der Waals surface area contributed by atoms with Crippen LogP contribution >= 0.6 is 11.3 Å². The Morgan fingerprint density at radius 3 is 2.70 bits per heavy atom. The fourth-order valence-electron chi connectivity index (χ4n) is 2.71. The van der Waals surface area contributed by atoms with Crippen molar-refractivity contribution in [2.24, 2.45) is 0 Å². The molecular formula is C18H17F3N4OS. The summed E-state index contributed by atoms with van der Waals surface area (Å²) in [5.41, 5.74) is -1.36. The molecule has 5 nitrogen and oxygen atoms in total. The first-order valence-electron chi connectivity index (χ1n) is 8.49. The van der Waals surface area contributed by atoms with Crippen molar-refractivity contribution in [2.75, 3.05) is 5.32 Å². The molecule has 0 aliphatic heterocycles. The number of aromatic nitrogens is 3. The number of nitrogens with zero attached hydrogens (tertiary/aromatic N) is 3. The molecule has 0 spiro atoms. The van der Waals surface area contributed by atoms with E-state index in [1.165, 1.54) is 29.5 Å². The van der Waals surface area contributed by atoms with Crippen LogP contribution in [0, 0.1) is 0 Å². The van der Waals surface area contributed by atoms with E-state index < -0.39 is 23.2 Å².